The lowest BCUT2D eigenvalue weighted by Crippen LogP contribution is -2.26. The van der Waals surface area contributed by atoms with Crippen molar-refractivity contribution in [3.8, 4) is 0 Å². The van der Waals surface area contributed by atoms with Gasteiger partial charge in [0, 0.05) is 6.04 Å². The van der Waals surface area contributed by atoms with Crippen LogP contribution in [0.25, 0.3) is 0 Å². The van der Waals surface area contributed by atoms with E-state index in [9.17, 15) is 0 Å². The van der Waals surface area contributed by atoms with Gasteiger partial charge in [-0.2, -0.15) is 0 Å². The molecule has 1 unspecified atom stereocenters. The van der Waals surface area contributed by atoms with Crippen molar-refractivity contribution in [2.45, 2.75) is 18.9 Å². The SMILES string of the molecule is c1ccc(P(c2ccccc2)c2ccccc2C2CCCN2)cc1. The molecule has 24 heavy (non-hydrogen) atoms. The summed E-state index contributed by atoms with van der Waals surface area (Å²) in [6.07, 6.45) is 2.51. The van der Waals surface area contributed by atoms with E-state index in [1.165, 1.54) is 34.3 Å². The molecule has 3 aromatic rings. The smallest absolute Gasteiger partial charge is 0.0327 e. The monoisotopic (exact) mass is 331 g/mol. The number of nitrogens with one attached hydrogen (secondary N) is 1. The zero-order chi connectivity index (χ0) is 16.2. The standard InChI is InChI=1S/C22H22NP/c1-3-10-18(11-4-1)24(19-12-5-2-6-13-19)22-16-8-7-14-20(22)21-15-9-17-23-21/h1-8,10-14,16,21,23H,9,15,17H2. The predicted octanol–water partition coefficient (Wildman–Crippen LogP) is 3.87. The number of benzene rings is 3. The molecular formula is C22H22NP. The fourth-order valence-electron chi connectivity index (χ4n) is 3.52. The van der Waals surface area contributed by atoms with E-state index in [-0.39, 0.29) is 0 Å². The maximum absolute atomic E-state index is 3.68. The van der Waals surface area contributed by atoms with Crippen molar-refractivity contribution in [2.75, 3.05) is 6.54 Å². The van der Waals surface area contributed by atoms with Crippen LogP contribution in [0.4, 0.5) is 0 Å². The molecule has 0 spiro atoms. The van der Waals surface area contributed by atoms with Crippen molar-refractivity contribution >= 4 is 23.8 Å². The molecule has 1 heterocycles. The van der Waals surface area contributed by atoms with E-state index in [1.807, 2.05) is 0 Å². The van der Waals surface area contributed by atoms with E-state index in [4.69, 9.17) is 0 Å². The summed E-state index contributed by atoms with van der Waals surface area (Å²) in [6, 6.07) is 31.5. The average molecular weight is 331 g/mol. The third-order valence-corrected chi connectivity index (χ3v) is 7.16. The van der Waals surface area contributed by atoms with Gasteiger partial charge >= 0.3 is 0 Å². The van der Waals surface area contributed by atoms with Crippen LogP contribution in [0.15, 0.2) is 84.9 Å². The van der Waals surface area contributed by atoms with Crippen LogP contribution in [0.5, 0.6) is 0 Å². The lowest BCUT2D eigenvalue weighted by Gasteiger charge is -2.24. The van der Waals surface area contributed by atoms with Gasteiger partial charge in [-0.05, 0) is 48.8 Å². The van der Waals surface area contributed by atoms with Crippen LogP contribution in [0, 0.1) is 0 Å². The van der Waals surface area contributed by atoms with Crippen molar-refractivity contribution < 1.29 is 0 Å². The van der Waals surface area contributed by atoms with E-state index in [0.29, 0.717) is 6.04 Å². The van der Waals surface area contributed by atoms with E-state index >= 15 is 0 Å². The fourth-order valence-corrected chi connectivity index (χ4v) is 6.04. The molecule has 1 nitrogen and oxygen atoms in total. The minimum Gasteiger partial charge on any atom is -0.310 e. The molecule has 0 bridgehead atoms. The van der Waals surface area contributed by atoms with Crippen molar-refractivity contribution in [1.29, 1.82) is 0 Å². The molecule has 3 aromatic carbocycles. The molecule has 1 aliphatic heterocycles. The molecule has 1 aliphatic rings. The second-order valence-electron chi connectivity index (χ2n) is 6.21. The molecule has 1 saturated heterocycles. The van der Waals surface area contributed by atoms with Crippen molar-refractivity contribution in [1.82, 2.24) is 5.32 Å². The van der Waals surface area contributed by atoms with Gasteiger partial charge in [0.2, 0.25) is 0 Å². The van der Waals surface area contributed by atoms with Crippen LogP contribution in [0.3, 0.4) is 0 Å². The minimum atomic E-state index is -0.523. The first-order valence-electron chi connectivity index (χ1n) is 8.66. The summed E-state index contributed by atoms with van der Waals surface area (Å²) in [5, 5.41) is 8.01. The maximum atomic E-state index is 3.68. The van der Waals surface area contributed by atoms with Crippen LogP contribution >= 0.6 is 7.92 Å². The zero-order valence-corrected chi connectivity index (χ0v) is 14.6. The van der Waals surface area contributed by atoms with Crippen molar-refractivity contribution in [3.63, 3.8) is 0 Å². The summed E-state index contributed by atoms with van der Waals surface area (Å²) in [6.45, 7) is 1.13. The van der Waals surface area contributed by atoms with Gasteiger partial charge in [-0.1, -0.05) is 84.9 Å². The maximum Gasteiger partial charge on any atom is 0.0327 e. The lowest BCUT2D eigenvalue weighted by atomic mass is 10.1. The Balaban J connectivity index is 1.86. The Bertz CT molecular complexity index is 740. The summed E-state index contributed by atoms with van der Waals surface area (Å²) in [5.41, 5.74) is 1.48. The molecule has 0 amide bonds. The second kappa shape index (κ2) is 7.30. The molecule has 1 atom stereocenters. The zero-order valence-electron chi connectivity index (χ0n) is 13.7. The van der Waals surface area contributed by atoms with Gasteiger partial charge in [0.05, 0.1) is 0 Å². The van der Waals surface area contributed by atoms with Gasteiger partial charge in [-0.3, -0.25) is 0 Å². The van der Waals surface area contributed by atoms with Gasteiger partial charge < -0.3 is 5.32 Å². The van der Waals surface area contributed by atoms with E-state index in [2.05, 4.69) is 90.2 Å². The summed E-state index contributed by atoms with van der Waals surface area (Å²) in [5.74, 6) is 0. The fraction of sp³-hybridized carbons (Fsp3) is 0.182. The summed E-state index contributed by atoms with van der Waals surface area (Å²) in [7, 11) is -0.523. The third kappa shape index (κ3) is 3.15. The molecule has 1 fully saturated rings. The van der Waals surface area contributed by atoms with E-state index < -0.39 is 7.92 Å². The highest BCUT2D eigenvalue weighted by Gasteiger charge is 2.24. The average Bonchev–Trinajstić information content (AvgIpc) is 3.19. The van der Waals surface area contributed by atoms with Gasteiger partial charge in [0.25, 0.3) is 0 Å². The minimum absolute atomic E-state index is 0.499. The van der Waals surface area contributed by atoms with Crippen LogP contribution in [-0.4, -0.2) is 6.54 Å². The Labute approximate surface area is 145 Å². The van der Waals surface area contributed by atoms with Crippen molar-refractivity contribution in [3.05, 3.63) is 90.5 Å². The van der Waals surface area contributed by atoms with Gasteiger partial charge in [-0.25, -0.2) is 0 Å². The Kier molecular flexibility index (Phi) is 4.74. The number of hydrogen-bond acceptors (Lipinski definition) is 1. The highest BCUT2D eigenvalue weighted by molar-refractivity contribution is 7.79. The molecule has 0 saturated carbocycles. The lowest BCUT2D eigenvalue weighted by molar-refractivity contribution is 0.651. The van der Waals surface area contributed by atoms with E-state index in [0.717, 1.165) is 6.54 Å². The molecule has 4 rings (SSSR count). The third-order valence-electron chi connectivity index (χ3n) is 4.64. The molecule has 1 N–H and O–H groups in total. The first-order chi connectivity index (χ1) is 11.9. The first kappa shape index (κ1) is 15.6. The molecular weight excluding hydrogens is 309 g/mol. The molecule has 0 aliphatic carbocycles. The van der Waals surface area contributed by atoms with Gasteiger partial charge in [0.1, 0.15) is 0 Å². The topological polar surface area (TPSA) is 12.0 Å². The number of rotatable bonds is 4. The Morgan fingerprint density at radius 3 is 1.88 bits per heavy atom. The molecule has 120 valence electrons. The summed E-state index contributed by atoms with van der Waals surface area (Å²) in [4.78, 5) is 0. The van der Waals surface area contributed by atoms with Crippen LogP contribution < -0.4 is 21.2 Å². The molecule has 2 heteroatoms. The van der Waals surface area contributed by atoms with Crippen LogP contribution in [0.2, 0.25) is 0 Å². The summed E-state index contributed by atoms with van der Waals surface area (Å²) < 4.78 is 0. The largest absolute Gasteiger partial charge is 0.310 e. The second-order valence-corrected chi connectivity index (χ2v) is 8.40. The highest BCUT2D eigenvalue weighted by atomic mass is 31.1. The Hall–Kier alpha value is -1.95. The normalized spacial score (nSPS) is 17.3. The van der Waals surface area contributed by atoms with Gasteiger partial charge in [0.15, 0.2) is 0 Å². The first-order valence-corrected chi connectivity index (χ1v) is 10.0. The molecule has 0 aromatic heterocycles. The van der Waals surface area contributed by atoms with Crippen molar-refractivity contribution in [2.24, 2.45) is 0 Å². The van der Waals surface area contributed by atoms with Crippen LogP contribution in [0.1, 0.15) is 24.4 Å². The Morgan fingerprint density at radius 1 is 0.708 bits per heavy atom. The van der Waals surface area contributed by atoms with E-state index in [1.54, 1.807) is 0 Å². The Morgan fingerprint density at radius 2 is 1.29 bits per heavy atom. The quantitative estimate of drug-likeness (QED) is 0.716. The predicted molar refractivity (Wildman–Crippen MR) is 105 cm³/mol. The van der Waals surface area contributed by atoms with Crippen LogP contribution in [-0.2, 0) is 0 Å². The summed E-state index contributed by atoms with van der Waals surface area (Å²) >= 11 is 0. The van der Waals surface area contributed by atoms with Gasteiger partial charge in [-0.15, -0.1) is 0 Å². The highest BCUT2D eigenvalue weighted by Crippen LogP contribution is 2.36. The number of hydrogen-bond donors (Lipinski definition) is 1. The molecule has 0 radical (unpaired) electrons.